The first kappa shape index (κ1) is 15.3. The normalized spacial score (nSPS) is 10.2. The number of aryl methyl sites for hydroxylation is 1. The highest BCUT2D eigenvalue weighted by Gasteiger charge is 2.02. The van der Waals surface area contributed by atoms with Crippen molar-refractivity contribution >= 4 is 17.6 Å². The minimum absolute atomic E-state index is 0.185. The second kappa shape index (κ2) is 7.64. The highest BCUT2D eigenvalue weighted by atomic mass is 35.5. The van der Waals surface area contributed by atoms with Gasteiger partial charge in [0.1, 0.15) is 0 Å². The van der Waals surface area contributed by atoms with Crippen LogP contribution in [0.3, 0.4) is 0 Å². The predicted octanol–water partition coefficient (Wildman–Crippen LogP) is 3.09. The largest absolute Gasteiger partial charge is 0.338 e. The number of amides is 2. The Kier molecular flexibility index (Phi) is 5.58. The van der Waals surface area contributed by atoms with Crippen LogP contribution in [-0.2, 0) is 13.0 Å². The Morgan fingerprint density at radius 2 is 2.10 bits per heavy atom. The topological polar surface area (TPSA) is 54.0 Å². The second-order valence-electron chi connectivity index (χ2n) is 4.80. The van der Waals surface area contributed by atoms with E-state index in [-0.39, 0.29) is 6.03 Å². The average molecular weight is 304 g/mol. The predicted molar refractivity (Wildman–Crippen MR) is 84.4 cm³/mol. The zero-order valence-electron chi connectivity index (χ0n) is 11.9. The van der Waals surface area contributed by atoms with Crippen LogP contribution in [0, 0.1) is 6.92 Å². The van der Waals surface area contributed by atoms with Gasteiger partial charge >= 0.3 is 6.03 Å². The average Bonchev–Trinajstić information content (AvgIpc) is 2.49. The molecule has 21 heavy (non-hydrogen) atoms. The highest BCUT2D eigenvalue weighted by molar-refractivity contribution is 6.31. The third-order valence-corrected chi connectivity index (χ3v) is 3.52. The fraction of sp³-hybridized carbons (Fsp3) is 0.250. The van der Waals surface area contributed by atoms with E-state index in [0.717, 1.165) is 23.1 Å². The molecule has 0 aliphatic heterocycles. The summed E-state index contributed by atoms with van der Waals surface area (Å²) in [6.07, 6.45) is 4.29. The van der Waals surface area contributed by atoms with Crippen LogP contribution in [0.15, 0.2) is 42.7 Å². The molecule has 2 rings (SSSR count). The fourth-order valence-electron chi connectivity index (χ4n) is 1.86. The number of nitrogens with zero attached hydrogens (tertiary/aromatic N) is 1. The molecule has 1 heterocycles. The monoisotopic (exact) mass is 303 g/mol. The van der Waals surface area contributed by atoms with Gasteiger partial charge in [-0.15, -0.1) is 0 Å². The van der Waals surface area contributed by atoms with Gasteiger partial charge < -0.3 is 10.6 Å². The molecule has 1 aromatic heterocycles. The first-order valence-corrected chi connectivity index (χ1v) is 7.18. The highest BCUT2D eigenvalue weighted by Crippen LogP contribution is 2.16. The van der Waals surface area contributed by atoms with Gasteiger partial charge in [-0.3, -0.25) is 4.98 Å². The lowest BCUT2D eigenvalue weighted by Crippen LogP contribution is -2.36. The van der Waals surface area contributed by atoms with Gasteiger partial charge in [-0.1, -0.05) is 29.8 Å². The van der Waals surface area contributed by atoms with Crippen molar-refractivity contribution < 1.29 is 4.79 Å². The molecular weight excluding hydrogens is 286 g/mol. The minimum Gasteiger partial charge on any atom is -0.338 e. The van der Waals surface area contributed by atoms with Crippen LogP contribution >= 0.6 is 11.6 Å². The summed E-state index contributed by atoms with van der Waals surface area (Å²) in [6, 6.07) is 9.46. The Morgan fingerprint density at radius 1 is 1.24 bits per heavy atom. The van der Waals surface area contributed by atoms with E-state index in [0.29, 0.717) is 18.1 Å². The van der Waals surface area contributed by atoms with Crippen molar-refractivity contribution in [3.8, 4) is 0 Å². The van der Waals surface area contributed by atoms with E-state index in [1.165, 1.54) is 0 Å². The molecule has 0 aliphatic rings. The van der Waals surface area contributed by atoms with Gasteiger partial charge in [-0.2, -0.15) is 0 Å². The molecule has 0 saturated heterocycles. The fourth-order valence-corrected chi connectivity index (χ4v) is 2.06. The molecule has 1 aromatic carbocycles. The summed E-state index contributed by atoms with van der Waals surface area (Å²) in [5, 5.41) is 6.34. The standard InChI is InChI=1S/C16H18ClN3O/c1-12-4-5-14(9-15(12)17)11-20-16(21)19-8-6-13-3-2-7-18-10-13/h2-5,7,9-10H,6,8,11H2,1H3,(H2,19,20,21). The Balaban J connectivity index is 1.71. The van der Waals surface area contributed by atoms with Gasteiger partial charge in [0, 0.05) is 30.5 Å². The number of benzene rings is 1. The van der Waals surface area contributed by atoms with E-state index < -0.39 is 0 Å². The summed E-state index contributed by atoms with van der Waals surface area (Å²) in [4.78, 5) is 15.7. The summed E-state index contributed by atoms with van der Waals surface area (Å²) in [5.41, 5.74) is 3.11. The van der Waals surface area contributed by atoms with Crippen molar-refractivity contribution in [1.82, 2.24) is 15.6 Å². The third-order valence-electron chi connectivity index (χ3n) is 3.11. The van der Waals surface area contributed by atoms with Crippen molar-refractivity contribution in [1.29, 1.82) is 0 Å². The number of urea groups is 1. The molecule has 2 aromatic rings. The molecule has 110 valence electrons. The molecule has 2 N–H and O–H groups in total. The molecular formula is C16H18ClN3O. The van der Waals surface area contributed by atoms with Gasteiger partial charge in [0.15, 0.2) is 0 Å². The summed E-state index contributed by atoms with van der Waals surface area (Å²) in [7, 11) is 0. The first-order chi connectivity index (χ1) is 10.1. The Hall–Kier alpha value is -2.07. The number of rotatable bonds is 5. The van der Waals surface area contributed by atoms with E-state index >= 15 is 0 Å². The van der Waals surface area contributed by atoms with Crippen molar-refractivity contribution in [3.05, 3.63) is 64.4 Å². The van der Waals surface area contributed by atoms with Crippen LogP contribution in [0.1, 0.15) is 16.7 Å². The molecule has 0 radical (unpaired) electrons. The molecule has 5 heteroatoms. The van der Waals surface area contributed by atoms with Crippen LogP contribution in [0.4, 0.5) is 4.79 Å². The number of carbonyl (C=O) groups excluding carboxylic acids is 1. The van der Waals surface area contributed by atoms with E-state index in [2.05, 4.69) is 15.6 Å². The number of hydrogen-bond donors (Lipinski definition) is 2. The van der Waals surface area contributed by atoms with Gasteiger partial charge in [-0.25, -0.2) is 4.79 Å². The quantitative estimate of drug-likeness (QED) is 0.892. The number of hydrogen-bond acceptors (Lipinski definition) is 2. The zero-order valence-corrected chi connectivity index (χ0v) is 12.7. The summed E-state index contributed by atoms with van der Waals surface area (Å²) in [6.45, 7) is 2.98. The molecule has 0 unspecified atom stereocenters. The molecule has 0 aliphatic carbocycles. The van der Waals surface area contributed by atoms with E-state index in [9.17, 15) is 4.79 Å². The second-order valence-corrected chi connectivity index (χ2v) is 5.21. The maximum atomic E-state index is 11.7. The Bertz CT molecular complexity index is 602. The van der Waals surface area contributed by atoms with Crippen LogP contribution < -0.4 is 10.6 Å². The number of nitrogens with one attached hydrogen (secondary N) is 2. The third kappa shape index (κ3) is 5.08. The maximum absolute atomic E-state index is 11.7. The summed E-state index contributed by atoms with van der Waals surface area (Å²) < 4.78 is 0. The van der Waals surface area contributed by atoms with E-state index in [1.807, 2.05) is 37.3 Å². The molecule has 0 bridgehead atoms. The molecule has 0 atom stereocenters. The Morgan fingerprint density at radius 3 is 2.81 bits per heavy atom. The van der Waals surface area contributed by atoms with Crippen molar-refractivity contribution in [2.24, 2.45) is 0 Å². The molecule has 2 amide bonds. The molecule has 4 nitrogen and oxygen atoms in total. The molecule has 0 saturated carbocycles. The van der Waals surface area contributed by atoms with E-state index in [4.69, 9.17) is 11.6 Å². The van der Waals surface area contributed by atoms with Crippen LogP contribution in [-0.4, -0.2) is 17.6 Å². The lowest BCUT2D eigenvalue weighted by atomic mass is 10.1. The smallest absolute Gasteiger partial charge is 0.315 e. The first-order valence-electron chi connectivity index (χ1n) is 6.81. The SMILES string of the molecule is Cc1ccc(CNC(=O)NCCc2cccnc2)cc1Cl. The summed E-state index contributed by atoms with van der Waals surface area (Å²) >= 11 is 6.05. The summed E-state index contributed by atoms with van der Waals surface area (Å²) in [5.74, 6) is 0. The van der Waals surface area contributed by atoms with Gasteiger partial charge in [0.25, 0.3) is 0 Å². The van der Waals surface area contributed by atoms with Crippen molar-refractivity contribution in [2.45, 2.75) is 19.9 Å². The van der Waals surface area contributed by atoms with Gasteiger partial charge in [0.2, 0.25) is 0 Å². The van der Waals surface area contributed by atoms with E-state index in [1.54, 1.807) is 12.4 Å². The number of carbonyl (C=O) groups is 1. The van der Waals surface area contributed by atoms with Gasteiger partial charge in [-0.05, 0) is 42.2 Å². The van der Waals surface area contributed by atoms with Gasteiger partial charge in [0.05, 0.1) is 0 Å². The number of halogens is 1. The minimum atomic E-state index is -0.185. The number of aromatic nitrogens is 1. The number of pyridine rings is 1. The molecule has 0 spiro atoms. The van der Waals surface area contributed by atoms with Crippen LogP contribution in [0.2, 0.25) is 5.02 Å². The van der Waals surface area contributed by atoms with Crippen LogP contribution in [0.5, 0.6) is 0 Å². The molecule has 0 fully saturated rings. The maximum Gasteiger partial charge on any atom is 0.315 e. The Labute approximate surface area is 129 Å². The lowest BCUT2D eigenvalue weighted by molar-refractivity contribution is 0.240. The van der Waals surface area contributed by atoms with Crippen molar-refractivity contribution in [3.63, 3.8) is 0 Å². The van der Waals surface area contributed by atoms with Crippen LogP contribution in [0.25, 0.3) is 0 Å². The zero-order chi connectivity index (χ0) is 15.1. The lowest BCUT2D eigenvalue weighted by Gasteiger charge is -2.08. The van der Waals surface area contributed by atoms with Crippen molar-refractivity contribution in [2.75, 3.05) is 6.54 Å².